The molecular formula is C11H24N2O5S. The fourth-order valence-corrected chi connectivity index (χ4v) is 2.12. The fourth-order valence-electron chi connectivity index (χ4n) is 1.40. The van der Waals surface area contributed by atoms with Crippen LogP contribution in [-0.2, 0) is 14.8 Å². The Morgan fingerprint density at radius 2 is 1.89 bits per heavy atom. The molecule has 0 aromatic carbocycles. The van der Waals surface area contributed by atoms with E-state index in [1.165, 1.54) is 6.92 Å². The number of hydrogen-bond acceptors (Lipinski definition) is 5. The van der Waals surface area contributed by atoms with Gasteiger partial charge in [-0.2, -0.15) is 0 Å². The van der Waals surface area contributed by atoms with Crippen molar-refractivity contribution < 1.29 is 23.4 Å². The molecule has 0 saturated heterocycles. The van der Waals surface area contributed by atoms with Gasteiger partial charge in [0.05, 0.1) is 12.9 Å². The van der Waals surface area contributed by atoms with Crippen LogP contribution in [-0.4, -0.2) is 55.6 Å². The molecule has 2 unspecified atom stereocenters. The summed E-state index contributed by atoms with van der Waals surface area (Å²) in [4.78, 5) is 11.9. The minimum absolute atomic E-state index is 0.128. The molecule has 2 atom stereocenters. The van der Waals surface area contributed by atoms with Gasteiger partial charge in [-0.25, -0.2) is 13.1 Å². The van der Waals surface area contributed by atoms with Crippen LogP contribution >= 0.6 is 0 Å². The van der Waals surface area contributed by atoms with Crippen LogP contribution in [0.15, 0.2) is 0 Å². The first-order valence-electron chi connectivity index (χ1n) is 6.05. The predicted molar refractivity (Wildman–Crippen MR) is 71.9 cm³/mol. The van der Waals surface area contributed by atoms with Gasteiger partial charge in [0.1, 0.15) is 11.6 Å². The van der Waals surface area contributed by atoms with Gasteiger partial charge in [0.25, 0.3) is 0 Å². The number of carbonyl (C=O) groups is 1. The van der Waals surface area contributed by atoms with Crippen molar-refractivity contribution in [1.29, 1.82) is 0 Å². The normalized spacial score (nSPS) is 17.0. The quantitative estimate of drug-likeness (QED) is 0.449. The van der Waals surface area contributed by atoms with Gasteiger partial charge in [-0.15, -0.1) is 0 Å². The topological polar surface area (TPSA) is 116 Å². The standard InChI is InChI=1S/C11H24N2O5S/c1-8(2)5-9(13-19(4,17)18)10(15)12-6-11(3,16)7-14/h8-9,13-14,16H,5-7H2,1-4H3,(H,12,15). The third-order valence-corrected chi connectivity index (χ3v) is 3.08. The molecule has 1 amide bonds. The number of rotatable bonds is 8. The number of hydrogen-bond donors (Lipinski definition) is 4. The van der Waals surface area contributed by atoms with E-state index in [0.717, 1.165) is 6.26 Å². The zero-order valence-electron chi connectivity index (χ0n) is 11.8. The molecule has 19 heavy (non-hydrogen) atoms. The Balaban J connectivity index is 4.64. The average Bonchev–Trinajstić information content (AvgIpc) is 2.22. The minimum atomic E-state index is -3.50. The lowest BCUT2D eigenvalue weighted by atomic mass is 10.0. The third kappa shape index (κ3) is 8.93. The molecule has 0 aliphatic carbocycles. The molecular weight excluding hydrogens is 272 g/mol. The molecule has 0 heterocycles. The molecule has 0 aromatic heterocycles. The zero-order chi connectivity index (χ0) is 15.3. The summed E-state index contributed by atoms with van der Waals surface area (Å²) in [5.74, 6) is -0.392. The molecule has 114 valence electrons. The van der Waals surface area contributed by atoms with Gasteiger partial charge < -0.3 is 15.5 Å². The van der Waals surface area contributed by atoms with Gasteiger partial charge in [-0.3, -0.25) is 4.79 Å². The number of aliphatic hydroxyl groups is 2. The zero-order valence-corrected chi connectivity index (χ0v) is 12.6. The van der Waals surface area contributed by atoms with Crippen LogP contribution in [0.2, 0.25) is 0 Å². The highest BCUT2D eigenvalue weighted by molar-refractivity contribution is 7.88. The minimum Gasteiger partial charge on any atom is -0.393 e. The van der Waals surface area contributed by atoms with Gasteiger partial charge in [-0.1, -0.05) is 13.8 Å². The van der Waals surface area contributed by atoms with E-state index in [4.69, 9.17) is 5.11 Å². The van der Waals surface area contributed by atoms with Crippen LogP contribution in [0.3, 0.4) is 0 Å². The molecule has 0 saturated carbocycles. The summed E-state index contributed by atoms with van der Waals surface area (Å²) in [6.07, 6.45) is 1.33. The lowest BCUT2D eigenvalue weighted by molar-refractivity contribution is -0.124. The third-order valence-electron chi connectivity index (χ3n) is 2.36. The first-order valence-corrected chi connectivity index (χ1v) is 7.94. The maximum atomic E-state index is 11.9. The molecule has 0 aliphatic heterocycles. The van der Waals surface area contributed by atoms with E-state index < -0.39 is 34.2 Å². The van der Waals surface area contributed by atoms with Crippen LogP contribution in [0.4, 0.5) is 0 Å². The van der Waals surface area contributed by atoms with Gasteiger partial charge in [0.15, 0.2) is 0 Å². The summed E-state index contributed by atoms with van der Waals surface area (Å²) in [5, 5.41) is 20.9. The number of carbonyl (C=O) groups excluding carboxylic acids is 1. The molecule has 0 bridgehead atoms. The van der Waals surface area contributed by atoms with Gasteiger partial charge in [0.2, 0.25) is 15.9 Å². The highest BCUT2D eigenvalue weighted by Gasteiger charge is 2.26. The number of aliphatic hydroxyl groups excluding tert-OH is 1. The van der Waals surface area contributed by atoms with Crippen LogP contribution in [0, 0.1) is 5.92 Å². The summed E-state index contributed by atoms with van der Waals surface area (Å²) in [6.45, 7) is 4.46. The summed E-state index contributed by atoms with van der Waals surface area (Å²) in [5.41, 5.74) is -1.43. The maximum Gasteiger partial charge on any atom is 0.238 e. The van der Waals surface area contributed by atoms with Gasteiger partial charge >= 0.3 is 0 Å². The number of nitrogens with one attached hydrogen (secondary N) is 2. The Morgan fingerprint density at radius 3 is 2.26 bits per heavy atom. The van der Waals surface area contributed by atoms with E-state index >= 15 is 0 Å². The first kappa shape index (κ1) is 18.3. The van der Waals surface area contributed by atoms with Crippen LogP contribution in [0.25, 0.3) is 0 Å². The van der Waals surface area contributed by atoms with E-state index in [2.05, 4.69) is 10.0 Å². The summed E-state index contributed by atoms with van der Waals surface area (Å²) in [7, 11) is -3.50. The molecule has 0 aliphatic rings. The van der Waals surface area contributed by atoms with Crippen LogP contribution in [0.1, 0.15) is 27.2 Å². The molecule has 0 fully saturated rings. The van der Waals surface area contributed by atoms with Crippen LogP contribution < -0.4 is 10.0 Å². The molecule has 7 nitrogen and oxygen atoms in total. The van der Waals surface area contributed by atoms with Crippen molar-refractivity contribution in [1.82, 2.24) is 10.0 Å². The van der Waals surface area contributed by atoms with Crippen molar-refractivity contribution in [3.05, 3.63) is 0 Å². The largest absolute Gasteiger partial charge is 0.393 e. The Morgan fingerprint density at radius 1 is 1.37 bits per heavy atom. The van der Waals surface area contributed by atoms with E-state index in [1.807, 2.05) is 13.8 Å². The molecule has 4 N–H and O–H groups in total. The van der Waals surface area contributed by atoms with E-state index in [0.29, 0.717) is 6.42 Å². The Hall–Kier alpha value is -0.700. The van der Waals surface area contributed by atoms with Crippen molar-refractivity contribution in [2.75, 3.05) is 19.4 Å². The predicted octanol–water partition coefficient (Wildman–Crippen LogP) is -1.19. The molecule has 0 aromatic rings. The highest BCUT2D eigenvalue weighted by Crippen LogP contribution is 2.07. The summed E-state index contributed by atoms with van der Waals surface area (Å²) < 4.78 is 24.7. The summed E-state index contributed by atoms with van der Waals surface area (Å²) >= 11 is 0. The average molecular weight is 296 g/mol. The van der Waals surface area contributed by atoms with Crippen molar-refractivity contribution in [2.45, 2.75) is 38.8 Å². The molecule has 0 spiro atoms. The smallest absolute Gasteiger partial charge is 0.238 e. The second kappa shape index (κ2) is 7.18. The van der Waals surface area contributed by atoms with Crippen molar-refractivity contribution in [3.63, 3.8) is 0 Å². The monoisotopic (exact) mass is 296 g/mol. The second-order valence-electron chi connectivity index (χ2n) is 5.45. The molecule has 0 rings (SSSR count). The molecule has 0 radical (unpaired) electrons. The van der Waals surface area contributed by atoms with E-state index in [1.54, 1.807) is 0 Å². The maximum absolute atomic E-state index is 11.9. The van der Waals surface area contributed by atoms with Crippen molar-refractivity contribution in [2.24, 2.45) is 5.92 Å². The van der Waals surface area contributed by atoms with Crippen molar-refractivity contribution >= 4 is 15.9 Å². The Bertz CT molecular complexity index is 392. The Labute approximate surface area is 114 Å². The highest BCUT2D eigenvalue weighted by atomic mass is 32.2. The van der Waals surface area contributed by atoms with E-state index in [-0.39, 0.29) is 12.5 Å². The molecule has 8 heteroatoms. The van der Waals surface area contributed by atoms with Crippen molar-refractivity contribution in [3.8, 4) is 0 Å². The number of sulfonamides is 1. The van der Waals surface area contributed by atoms with Gasteiger partial charge in [-0.05, 0) is 19.3 Å². The van der Waals surface area contributed by atoms with E-state index in [9.17, 15) is 18.3 Å². The summed E-state index contributed by atoms with van der Waals surface area (Å²) in [6, 6.07) is -0.885. The lowest BCUT2D eigenvalue weighted by Gasteiger charge is -2.24. The fraction of sp³-hybridized carbons (Fsp3) is 0.909. The first-order chi connectivity index (χ1) is 8.47. The second-order valence-corrected chi connectivity index (χ2v) is 7.23. The van der Waals surface area contributed by atoms with Gasteiger partial charge in [0, 0.05) is 6.54 Å². The lowest BCUT2D eigenvalue weighted by Crippen LogP contribution is -2.51. The van der Waals surface area contributed by atoms with Crippen LogP contribution in [0.5, 0.6) is 0 Å². The number of amides is 1. The SMILES string of the molecule is CC(C)CC(NS(C)(=O)=O)C(=O)NCC(C)(O)CO. The Kier molecular flexibility index (Phi) is 6.92.